The Labute approximate surface area is 187 Å². The predicted octanol–water partition coefficient (Wildman–Crippen LogP) is 4.96. The minimum atomic E-state index is -3.62. The number of amides is 1. The molecular formula is C24H23ClN2O3S. The van der Waals surface area contributed by atoms with Crippen LogP contribution in [0.25, 0.3) is 0 Å². The minimum Gasteiger partial charge on any atom is -0.322 e. The highest BCUT2D eigenvalue weighted by Crippen LogP contribution is 2.28. The van der Waals surface area contributed by atoms with E-state index in [1.54, 1.807) is 12.1 Å². The van der Waals surface area contributed by atoms with Crippen molar-refractivity contribution >= 4 is 33.2 Å². The highest BCUT2D eigenvalue weighted by molar-refractivity contribution is 7.89. The summed E-state index contributed by atoms with van der Waals surface area (Å²) < 4.78 is 27.5. The predicted molar refractivity (Wildman–Crippen MR) is 123 cm³/mol. The van der Waals surface area contributed by atoms with Crippen LogP contribution >= 0.6 is 11.6 Å². The molecule has 1 aliphatic heterocycles. The van der Waals surface area contributed by atoms with E-state index in [0.29, 0.717) is 29.2 Å². The van der Waals surface area contributed by atoms with Gasteiger partial charge in [0.1, 0.15) is 0 Å². The molecule has 5 nitrogen and oxygen atoms in total. The molecule has 0 atom stereocenters. The number of hydrogen-bond donors (Lipinski definition) is 1. The molecule has 0 unspecified atom stereocenters. The van der Waals surface area contributed by atoms with Gasteiger partial charge in [0.05, 0.1) is 4.90 Å². The number of anilines is 1. The highest BCUT2D eigenvalue weighted by atomic mass is 35.5. The first-order chi connectivity index (χ1) is 14.7. The van der Waals surface area contributed by atoms with E-state index in [0.717, 1.165) is 22.3 Å². The number of benzene rings is 3. The zero-order valence-corrected chi connectivity index (χ0v) is 18.9. The molecule has 0 aromatic heterocycles. The van der Waals surface area contributed by atoms with Crippen LogP contribution in [-0.4, -0.2) is 25.2 Å². The van der Waals surface area contributed by atoms with Crippen molar-refractivity contribution in [2.75, 3.05) is 11.9 Å². The molecule has 1 N–H and O–H groups in total. The van der Waals surface area contributed by atoms with Crippen LogP contribution in [0.1, 0.15) is 32.6 Å². The van der Waals surface area contributed by atoms with Crippen LogP contribution in [0, 0.1) is 13.8 Å². The normalized spacial score (nSPS) is 14.2. The van der Waals surface area contributed by atoms with Gasteiger partial charge < -0.3 is 5.32 Å². The van der Waals surface area contributed by atoms with Gasteiger partial charge in [0.2, 0.25) is 10.0 Å². The number of sulfonamides is 1. The van der Waals surface area contributed by atoms with Gasteiger partial charge in [0.15, 0.2) is 0 Å². The molecule has 4 rings (SSSR count). The van der Waals surface area contributed by atoms with Gasteiger partial charge in [-0.1, -0.05) is 35.4 Å². The van der Waals surface area contributed by atoms with Gasteiger partial charge in [0, 0.05) is 29.4 Å². The third-order valence-electron chi connectivity index (χ3n) is 5.52. The summed E-state index contributed by atoms with van der Waals surface area (Å²) in [5, 5.41) is 3.43. The average molecular weight is 455 g/mol. The lowest BCUT2D eigenvalue weighted by Gasteiger charge is -2.28. The second kappa shape index (κ2) is 8.46. The van der Waals surface area contributed by atoms with E-state index in [4.69, 9.17) is 11.6 Å². The lowest BCUT2D eigenvalue weighted by atomic mass is 10.00. The first-order valence-corrected chi connectivity index (χ1v) is 11.8. The molecule has 3 aromatic rings. The van der Waals surface area contributed by atoms with E-state index in [2.05, 4.69) is 5.32 Å². The van der Waals surface area contributed by atoms with Gasteiger partial charge in [-0.15, -0.1) is 0 Å². The maximum absolute atomic E-state index is 13.0. The van der Waals surface area contributed by atoms with E-state index < -0.39 is 10.0 Å². The lowest BCUT2D eigenvalue weighted by molar-refractivity contribution is 0.102. The number of nitrogens with zero attached hydrogens (tertiary/aromatic N) is 1. The van der Waals surface area contributed by atoms with Gasteiger partial charge >= 0.3 is 0 Å². The molecule has 0 bridgehead atoms. The second-order valence-electron chi connectivity index (χ2n) is 7.80. The van der Waals surface area contributed by atoms with Crippen molar-refractivity contribution in [3.8, 4) is 0 Å². The summed E-state index contributed by atoms with van der Waals surface area (Å²) in [6.07, 6.45) is 0.619. The summed E-state index contributed by atoms with van der Waals surface area (Å²) in [6.45, 7) is 4.57. The molecule has 1 heterocycles. The van der Waals surface area contributed by atoms with Crippen LogP contribution in [0.5, 0.6) is 0 Å². The van der Waals surface area contributed by atoms with E-state index in [1.165, 1.54) is 16.4 Å². The Kier molecular flexibility index (Phi) is 5.88. The van der Waals surface area contributed by atoms with Gasteiger partial charge in [0.25, 0.3) is 5.91 Å². The number of halogens is 1. The quantitative estimate of drug-likeness (QED) is 0.606. The van der Waals surface area contributed by atoms with E-state index >= 15 is 0 Å². The number of hydrogen-bond acceptors (Lipinski definition) is 3. The first-order valence-electron chi connectivity index (χ1n) is 10.0. The third kappa shape index (κ3) is 4.51. The Bertz CT molecular complexity index is 1250. The maximum atomic E-state index is 13.0. The average Bonchev–Trinajstić information content (AvgIpc) is 2.73. The number of carbonyl (C=O) groups is 1. The third-order valence-corrected chi connectivity index (χ3v) is 7.63. The van der Waals surface area contributed by atoms with Crippen LogP contribution in [0.4, 0.5) is 5.69 Å². The van der Waals surface area contributed by atoms with Crippen LogP contribution in [0.2, 0.25) is 5.02 Å². The fourth-order valence-corrected chi connectivity index (χ4v) is 5.38. The van der Waals surface area contributed by atoms with Crippen LogP contribution in [0.15, 0.2) is 65.6 Å². The van der Waals surface area contributed by atoms with Crippen molar-refractivity contribution in [2.24, 2.45) is 0 Å². The zero-order chi connectivity index (χ0) is 22.2. The summed E-state index contributed by atoms with van der Waals surface area (Å²) >= 11 is 5.89. The smallest absolute Gasteiger partial charge is 0.255 e. The van der Waals surface area contributed by atoms with Crippen molar-refractivity contribution in [1.82, 2.24) is 4.31 Å². The molecule has 0 radical (unpaired) electrons. The van der Waals surface area contributed by atoms with Crippen LogP contribution in [0.3, 0.4) is 0 Å². The number of carbonyl (C=O) groups excluding carboxylic acids is 1. The fraction of sp³-hybridized carbons (Fsp3) is 0.208. The van der Waals surface area contributed by atoms with Crippen molar-refractivity contribution < 1.29 is 13.2 Å². The molecule has 160 valence electrons. The Balaban J connectivity index is 1.55. The molecule has 0 spiro atoms. The SMILES string of the molecule is Cc1ccc(C(=O)Nc2ccc3c(c2)CN(S(=O)(=O)c2ccc(Cl)cc2)CC3)c(C)c1. The lowest BCUT2D eigenvalue weighted by Crippen LogP contribution is -2.36. The molecular weight excluding hydrogens is 432 g/mol. The Morgan fingerprint density at radius 2 is 1.71 bits per heavy atom. The van der Waals surface area contributed by atoms with Gasteiger partial charge in [-0.05, 0) is 79.4 Å². The molecule has 7 heteroatoms. The summed E-state index contributed by atoms with van der Waals surface area (Å²) in [6, 6.07) is 17.6. The second-order valence-corrected chi connectivity index (χ2v) is 10.2. The summed E-state index contributed by atoms with van der Waals surface area (Å²) in [5.41, 5.74) is 5.26. The molecule has 0 fully saturated rings. The topological polar surface area (TPSA) is 66.5 Å². The Morgan fingerprint density at radius 3 is 2.42 bits per heavy atom. The number of rotatable bonds is 4. The van der Waals surface area contributed by atoms with E-state index in [-0.39, 0.29) is 17.3 Å². The van der Waals surface area contributed by atoms with Crippen LogP contribution in [-0.2, 0) is 23.0 Å². The Hall–Kier alpha value is -2.67. The Morgan fingerprint density at radius 1 is 0.968 bits per heavy atom. The standard InChI is InChI=1S/C24H23ClN2O3S/c1-16-3-10-23(17(2)13-16)24(28)26-21-7-4-18-11-12-27(15-19(18)14-21)31(29,30)22-8-5-20(25)6-9-22/h3-10,13-14H,11-12,15H2,1-2H3,(H,26,28). The molecule has 0 saturated heterocycles. The zero-order valence-electron chi connectivity index (χ0n) is 17.4. The molecule has 3 aromatic carbocycles. The first kappa shape index (κ1) is 21.6. The summed E-state index contributed by atoms with van der Waals surface area (Å²) in [4.78, 5) is 12.9. The summed E-state index contributed by atoms with van der Waals surface area (Å²) in [5.74, 6) is -0.182. The van der Waals surface area contributed by atoms with Gasteiger partial charge in [-0.2, -0.15) is 4.31 Å². The van der Waals surface area contributed by atoms with Crippen molar-refractivity contribution in [3.63, 3.8) is 0 Å². The number of nitrogens with one attached hydrogen (secondary N) is 1. The van der Waals surface area contributed by atoms with E-state index in [1.807, 2.05) is 50.2 Å². The fourth-order valence-electron chi connectivity index (χ4n) is 3.84. The van der Waals surface area contributed by atoms with Crippen molar-refractivity contribution in [3.05, 3.63) is 93.5 Å². The number of fused-ring (bicyclic) bond motifs is 1. The van der Waals surface area contributed by atoms with Gasteiger partial charge in [-0.3, -0.25) is 4.79 Å². The monoisotopic (exact) mass is 454 g/mol. The number of aryl methyl sites for hydroxylation is 2. The largest absolute Gasteiger partial charge is 0.322 e. The molecule has 0 aliphatic carbocycles. The molecule has 0 saturated carbocycles. The van der Waals surface area contributed by atoms with Crippen molar-refractivity contribution in [2.45, 2.75) is 31.7 Å². The van der Waals surface area contributed by atoms with Crippen LogP contribution < -0.4 is 5.32 Å². The molecule has 1 aliphatic rings. The highest BCUT2D eigenvalue weighted by Gasteiger charge is 2.28. The maximum Gasteiger partial charge on any atom is 0.255 e. The summed E-state index contributed by atoms with van der Waals surface area (Å²) in [7, 11) is -3.62. The minimum absolute atomic E-state index is 0.182. The van der Waals surface area contributed by atoms with E-state index in [9.17, 15) is 13.2 Å². The molecule has 31 heavy (non-hydrogen) atoms. The van der Waals surface area contributed by atoms with Crippen molar-refractivity contribution in [1.29, 1.82) is 0 Å². The van der Waals surface area contributed by atoms with Gasteiger partial charge in [-0.25, -0.2) is 8.42 Å². The molecule has 1 amide bonds.